The molecule has 1 N–H and O–H groups in total. The van der Waals surface area contributed by atoms with Crippen LogP contribution in [-0.4, -0.2) is 50.9 Å². The molecule has 2 amide bonds. The van der Waals surface area contributed by atoms with Crippen LogP contribution in [0.15, 0.2) is 71.6 Å². The first-order valence-electron chi connectivity index (χ1n) is 13.0. The zero-order valence-electron chi connectivity index (χ0n) is 22.9. The first-order chi connectivity index (χ1) is 19.5. The van der Waals surface area contributed by atoms with E-state index >= 15 is 0 Å². The summed E-state index contributed by atoms with van der Waals surface area (Å²) in [5, 5.41) is 3.75. The molecule has 0 saturated carbocycles. The van der Waals surface area contributed by atoms with Crippen molar-refractivity contribution in [2.75, 3.05) is 24.0 Å². The van der Waals surface area contributed by atoms with E-state index in [1.54, 1.807) is 56.3 Å². The maximum atomic E-state index is 14.1. The van der Waals surface area contributed by atoms with Crippen molar-refractivity contribution in [1.82, 2.24) is 10.2 Å². The molecule has 0 aromatic heterocycles. The molecule has 0 bridgehead atoms. The maximum absolute atomic E-state index is 14.1. The summed E-state index contributed by atoms with van der Waals surface area (Å²) in [6.07, 6.45) is 0.270. The van der Waals surface area contributed by atoms with E-state index in [1.807, 2.05) is 6.92 Å². The summed E-state index contributed by atoms with van der Waals surface area (Å²) >= 11 is 18.8. The lowest BCUT2D eigenvalue weighted by atomic mass is 10.1. The highest BCUT2D eigenvalue weighted by atomic mass is 35.5. The molecule has 8 nitrogen and oxygen atoms in total. The van der Waals surface area contributed by atoms with Crippen molar-refractivity contribution in [3.05, 3.63) is 87.4 Å². The first kappa shape index (κ1) is 32.5. The summed E-state index contributed by atoms with van der Waals surface area (Å²) in [7, 11) is -4.24. The smallest absolute Gasteiger partial charge is 0.264 e. The second-order valence-corrected chi connectivity index (χ2v) is 12.0. The van der Waals surface area contributed by atoms with Gasteiger partial charge in [-0.25, -0.2) is 8.42 Å². The summed E-state index contributed by atoms with van der Waals surface area (Å²) in [5.74, 6) is -0.450. The average Bonchev–Trinajstić information content (AvgIpc) is 2.94. The summed E-state index contributed by atoms with van der Waals surface area (Å²) in [6.45, 7) is 5.46. The van der Waals surface area contributed by atoms with Gasteiger partial charge in [-0.15, -0.1) is 0 Å². The van der Waals surface area contributed by atoms with Gasteiger partial charge >= 0.3 is 0 Å². The fourth-order valence-corrected chi connectivity index (χ4v) is 6.26. The van der Waals surface area contributed by atoms with E-state index in [-0.39, 0.29) is 29.5 Å². The number of carbonyl (C=O) groups is 2. The lowest BCUT2D eigenvalue weighted by Gasteiger charge is -2.33. The van der Waals surface area contributed by atoms with Crippen molar-refractivity contribution >= 4 is 62.3 Å². The Balaban J connectivity index is 2.10. The summed E-state index contributed by atoms with van der Waals surface area (Å²) in [4.78, 5) is 28.4. The van der Waals surface area contributed by atoms with Crippen molar-refractivity contribution in [2.45, 2.75) is 44.7 Å². The Morgan fingerprint density at radius 1 is 0.902 bits per heavy atom. The molecule has 1 atom stereocenters. The highest BCUT2D eigenvalue weighted by Gasteiger charge is 2.34. The highest BCUT2D eigenvalue weighted by Crippen LogP contribution is 2.30. The van der Waals surface area contributed by atoms with E-state index < -0.39 is 28.5 Å². The summed E-state index contributed by atoms with van der Waals surface area (Å²) in [5.41, 5.74) is 0.679. The van der Waals surface area contributed by atoms with Gasteiger partial charge < -0.3 is 15.0 Å². The number of carbonyl (C=O) groups excluding carboxylic acids is 2. The molecule has 0 spiro atoms. The molecule has 0 heterocycles. The number of likely N-dealkylation sites (N-methyl/N-ethyl adjacent to an activating group) is 1. The molecule has 220 valence electrons. The summed E-state index contributed by atoms with van der Waals surface area (Å²) in [6, 6.07) is 16.1. The predicted molar refractivity (Wildman–Crippen MR) is 163 cm³/mol. The molecular weight excluding hydrogens is 609 g/mol. The number of nitrogens with zero attached hydrogens (tertiary/aromatic N) is 2. The molecule has 0 aliphatic rings. The third kappa shape index (κ3) is 8.07. The molecule has 3 aromatic rings. The number of hydrogen-bond donors (Lipinski definition) is 1. The zero-order chi connectivity index (χ0) is 30.2. The van der Waals surface area contributed by atoms with E-state index in [0.29, 0.717) is 39.5 Å². The normalized spacial score (nSPS) is 12.0. The highest BCUT2D eigenvalue weighted by molar-refractivity contribution is 7.92. The minimum absolute atomic E-state index is 0.0555. The van der Waals surface area contributed by atoms with Gasteiger partial charge in [-0.1, -0.05) is 47.8 Å². The summed E-state index contributed by atoms with van der Waals surface area (Å²) < 4.78 is 34.3. The standard InChI is InChI=1S/C29H32Cl3N3O5S/c1-4-27(29(37)33-5-2)34(18-24-25(31)8-7-9-26(24)32)28(36)19-35(21-12-14-22(15-13-21)40-6-3)41(38,39)23-16-10-20(30)11-17-23/h7-17,27H,4-6,18-19H2,1-3H3,(H,33,37)/t27-/m1/s1. The topological polar surface area (TPSA) is 96.0 Å². The van der Waals surface area contributed by atoms with Crippen LogP contribution in [0.5, 0.6) is 5.75 Å². The maximum Gasteiger partial charge on any atom is 0.264 e. The van der Waals surface area contributed by atoms with Crippen molar-refractivity contribution in [3.63, 3.8) is 0 Å². The van der Waals surface area contributed by atoms with Gasteiger partial charge in [0.1, 0.15) is 18.3 Å². The van der Waals surface area contributed by atoms with E-state index in [0.717, 1.165) is 4.31 Å². The van der Waals surface area contributed by atoms with E-state index in [9.17, 15) is 18.0 Å². The SMILES string of the molecule is CCNC(=O)[C@@H](CC)N(Cc1c(Cl)cccc1Cl)C(=O)CN(c1ccc(OCC)cc1)S(=O)(=O)c1ccc(Cl)cc1. The molecule has 3 rings (SSSR count). The minimum atomic E-state index is -4.24. The Hall–Kier alpha value is -2.98. The van der Waals surface area contributed by atoms with Gasteiger partial charge in [-0.3, -0.25) is 13.9 Å². The number of ether oxygens (including phenoxy) is 1. The molecule has 12 heteroatoms. The van der Waals surface area contributed by atoms with Crippen LogP contribution in [0, 0.1) is 0 Å². The van der Waals surface area contributed by atoms with E-state index in [1.165, 1.54) is 29.2 Å². The second-order valence-electron chi connectivity index (χ2n) is 8.93. The van der Waals surface area contributed by atoms with Crippen LogP contribution >= 0.6 is 34.8 Å². The molecule has 41 heavy (non-hydrogen) atoms. The van der Waals surface area contributed by atoms with Crippen molar-refractivity contribution in [2.24, 2.45) is 0 Å². The van der Waals surface area contributed by atoms with Gasteiger partial charge in [-0.05, 0) is 80.9 Å². The first-order valence-corrected chi connectivity index (χ1v) is 15.6. The number of hydrogen-bond acceptors (Lipinski definition) is 5. The predicted octanol–water partition coefficient (Wildman–Crippen LogP) is 6.18. The lowest BCUT2D eigenvalue weighted by Crippen LogP contribution is -2.52. The zero-order valence-corrected chi connectivity index (χ0v) is 26.0. The van der Waals surface area contributed by atoms with Gasteiger partial charge in [0.05, 0.1) is 17.2 Å². The number of rotatable bonds is 13. The molecule has 3 aromatic carbocycles. The quantitative estimate of drug-likeness (QED) is 0.241. The van der Waals surface area contributed by atoms with Crippen LogP contribution in [0.1, 0.15) is 32.8 Å². The third-order valence-corrected chi connectivity index (χ3v) is 8.99. The Kier molecular flexibility index (Phi) is 11.7. The van der Waals surface area contributed by atoms with Crippen LogP contribution in [0.2, 0.25) is 15.1 Å². The van der Waals surface area contributed by atoms with Gasteiger partial charge in [0.25, 0.3) is 10.0 Å². The Morgan fingerprint density at radius 2 is 1.51 bits per heavy atom. The monoisotopic (exact) mass is 639 g/mol. The number of sulfonamides is 1. The van der Waals surface area contributed by atoms with Gasteiger partial charge in [0, 0.05) is 33.7 Å². The molecule has 0 saturated heterocycles. The molecule has 0 unspecified atom stereocenters. The minimum Gasteiger partial charge on any atom is -0.494 e. The molecule has 0 aliphatic heterocycles. The number of nitrogens with one attached hydrogen (secondary N) is 1. The van der Waals surface area contributed by atoms with Gasteiger partial charge in [0.15, 0.2) is 0 Å². The Labute approximate surface area is 256 Å². The van der Waals surface area contributed by atoms with E-state index in [4.69, 9.17) is 39.5 Å². The fraction of sp³-hybridized carbons (Fsp3) is 0.310. The molecule has 0 fully saturated rings. The molecule has 0 aliphatic carbocycles. The van der Waals surface area contributed by atoms with Crippen molar-refractivity contribution in [1.29, 1.82) is 0 Å². The van der Waals surface area contributed by atoms with Crippen LogP contribution in [0.4, 0.5) is 5.69 Å². The Morgan fingerprint density at radius 3 is 2.05 bits per heavy atom. The van der Waals surface area contributed by atoms with Crippen LogP contribution in [-0.2, 0) is 26.2 Å². The van der Waals surface area contributed by atoms with Gasteiger partial charge in [-0.2, -0.15) is 0 Å². The van der Waals surface area contributed by atoms with Crippen LogP contribution < -0.4 is 14.4 Å². The van der Waals surface area contributed by atoms with Crippen molar-refractivity contribution in [3.8, 4) is 5.75 Å². The largest absolute Gasteiger partial charge is 0.494 e. The molecule has 0 radical (unpaired) electrons. The number of amides is 2. The van der Waals surface area contributed by atoms with Crippen molar-refractivity contribution < 1.29 is 22.7 Å². The number of anilines is 1. The van der Waals surface area contributed by atoms with Gasteiger partial charge in [0.2, 0.25) is 11.8 Å². The number of halogens is 3. The Bertz CT molecular complexity index is 1430. The van der Waals surface area contributed by atoms with Crippen LogP contribution in [0.25, 0.3) is 0 Å². The average molecular weight is 641 g/mol. The third-order valence-electron chi connectivity index (χ3n) is 6.24. The van der Waals surface area contributed by atoms with E-state index in [2.05, 4.69) is 5.32 Å². The second kappa shape index (κ2) is 14.8. The molecular formula is C29H32Cl3N3O5S. The fourth-order valence-electron chi connectivity index (χ4n) is 4.20. The number of benzene rings is 3. The van der Waals surface area contributed by atoms with Crippen LogP contribution in [0.3, 0.4) is 0 Å². The lowest BCUT2D eigenvalue weighted by molar-refractivity contribution is -0.140.